The van der Waals surface area contributed by atoms with Gasteiger partial charge in [0.05, 0.1) is 0 Å². The van der Waals surface area contributed by atoms with E-state index >= 15 is 0 Å². The normalized spacial score (nSPS) is 14.8. The molecule has 1 aromatic heterocycles. The summed E-state index contributed by atoms with van der Waals surface area (Å²) in [6, 6.07) is 50.3. The smallest absolute Gasteiger partial charge is 0.0396 e. The van der Waals surface area contributed by atoms with E-state index in [0.717, 1.165) is 12.8 Å². The van der Waals surface area contributed by atoms with Gasteiger partial charge in [-0.15, -0.1) is 11.3 Å². The molecule has 0 aliphatic carbocycles. The Hall–Kier alpha value is -4.46. The summed E-state index contributed by atoms with van der Waals surface area (Å²) in [4.78, 5) is 0. The molecule has 0 aliphatic rings. The van der Waals surface area contributed by atoms with Crippen LogP contribution in [0, 0.1) is 0 Å². The van der Waals surface area contributed by atoms with Gasteiger partial charge < -0.3 is 0 Å². The highest BCUT2D eigenvalue weighted by Crippen LogP contribution is 2.46. The lowest BCUT2D eigenvalue weighted by atomic mass is 9.70. The lowest BCUT2D eigenvalue weighted by Crippen LogP contribution is -2.25. The molecule has 0 radical (unpaired) electrons. The van der Waals surface area contributed by atoms with Crippen LogP contribution in [0.5, 0.6) is 0 Å². The van der Waals surface area contributed by atoms with E-state index in [1.54, 1.807) is 0 Å². The molecule has 45 heavy (non-hydrogen) atoms. The van der Waals surface area contributed by atoms with Crippen LogP contribution in [0.2, 0.25) is 0 Å². The summed E-state index contributed by atoms with van der Waals surface area (Å²) in [5, 5.41) is 10.7. The van der Waals surface area contributed by atoms with Crippen LogP contribution in [0.3, 0.4) is 0 Å². The standard InChI is InChI=1S/C44H38S/c1-5-43(3,31-26-27-36-34-16-8-7-14-32(34)33-15-9-10-17-35(33)39(36)28-31)29-22-24-30(25-23-29)44(4,6-2)40-20-13-19-38-37-18-11-12-21-41(37)45-42(38)40/h7-28H,5-6H2,1-4H3/t43-,44+/m1/s1. The van der Waals surface area contributed by atoms with Crippen molar-refractivity contribution < 1.29 is 0 Å². The minimum Gasteiger partial charge on any atom is -0.135 e. The van der Waals surface area contributed by atoms with Crippen molar-refractivity contribution in [3.05, 3.63) is 156 Å². The van der Waals surface area contributed by atoms with Gasteiger partial charge in [0.1, 0.15) is 0 Å². The van der Waals surface area contributed by atoms with Crippen LogP contribution in [0.4, 0.5) is 0 Å². The first kappa shape index (κ1) is 28.0. The molecule has 0 fully saturated rings. The molecule has 0 saturated heterocycles. The van der Waals surface area contributed by atoms with Crippen LogP contribution in [-0.4, -0.2) is 0 Å². The van der Waals surface area contributed by atoms with E-state index in [0.29, 0.717) is 0 Å². The second kappa shape index (κ2) is 10.6. The summed E-state index contributed by atoms with van der Waals surface area (Å²) in [5.41, 5.74) is 5.38. The predicted molar refractivity (Wildman–Crippen MR) is 198 cm³/mol. The van der Waals surface area contributed by atoms with Crippen molar-refractivity contribution in [2.45, 2.75) is 51.4 Å². The van der Waals surface area contributed by atoms with E-state index in [2.05, 4.69) is 161 Å². The van der Waals surface area contributed by atoms with Gasteiger partial charge >= 0.3 is 0 Å². The van der Waals surface area contributed by atoms with Gasteiger partial charge in [0, 0.05) is 31.0 Å². The average Bonchev–Trinajstić information content (AvgIpc) is 3.50. The molecule has 1 heterocycles. The van der Waals surface area contributed by atoms with E-state index < -0.39 is 0 Å². The number of thiophene rings is 1. The van der Waals surface area contributed by atoms with Gasteiger partial charge in [0.2, 0.25) is 0 Å². The second-order valence-electron chi connectivity index (χ2n) is 13.1. The molecule has 0 spiro atoms. The Bertz CT molecular complexity index is 2340. The van der Waals surface area contributed by atoms with E-state index in [4.69, 9.17) is 0 Å². The molecule has 2 atom stereocenters. The lowest BCUT2D eigenvalue weighted by molar-refractivity contribution is 0.541. The molecular weight excluding hydrogens is 561 g/mol. The number of hydrogen-bond donors (Lipinski definition) is 0. The Balaban J connectivity index is 1.24. The summed E-state index contributed by atoms with van der Waals surface area (Å²) in [5.74, 6) is 0. The molecule has 0 saturated carbocycles. The number of rotatable bonds is 6. The summed E-state index contributed by atoms with van der Waals surface area (Å²) in [6.45, 7) is 9.51. The maximum absolute atomic E-state index is 2.47. The van der Waals surface area contributed by atoms with Gasteiger partial charge in [0.25, 0.3) is 0 Å². The highest BCUT2D eigenvalue weighted by atomic mass is 32.1. The number of fused-ring (bicyclic) bond motifs is 9. The van der Waals surface area contributed by atoms with Gasteiger partial charge in [-0.25, -0.2) is 0 Å². The molecule has 0 amide bonds. The predicted octanol–water partition coefficient (Wildman–Crippen LogP) is 12.9. The third-order valence-electron chi connectivity index (χ3n) is 11.0. The van der Waals surface area contributed by atoms with Crippen molar-refractivity contribution >= 4 is 63.8 Å². The van der Waals surface area contributed by atoms with Gasteiger partial charge in [0.15, 0.2) is 0 Å². The summed E-state index contributed by atoms with van der Waals surface area (Å²) in [6.07, 6.45) is 2.06. The first-order valence-corrected chi connectivity index (χ1v) is 17.1. The van der Waals surface area contributed by atoms with Crippen LogP contribution < -0.4 is 0 Å². The highest BCUT2D eigenvalue weighted by Gasteiger charge is 2.32. The first-order chi connectivity index (χ1) is 22.0. The monoisotopic (exact) mass is 598 g/mol. The Morgan fingerprint density at radius 3 is 1.49 bits per heavy atom. The third kappa shape index (κ3) is 4.17. The van der Waals surface area contributed by atoms with Crippen LogP contribution in [-0.2, 0) is 10.8 Å². The summed E-state index contributed by atoms with van der Waals surface area (Å²) >= 11 is 1.94. The third-order valence-corrected chi connectivity index (χ3v) is 12.2. The molecule has 0 bridgehead atoms. The quantitative estimate of drug-likeness (QED) is 0.167. The Labute approximate surface area is 270 Å². The van der Waals surface area contributed by atoms with Crippen molar-refractivity contribution in [3.63, 3.8) is 0 Å². The van der Waals surface area contributed by atoms with Crippen molar-refractivity contribution in [1.82, 2.24) is 0 Å². The highest BCUT2D eigenvalue weighted by molar-refractivity contribution is 7.26. The Kier molecular flexibility index (Phi) is 6.59. The molecule has 0 nitrogen and oxygen atoms in total. The van der Waals surface area contributed by atoms with Crippen molar-refractivity contribution in [2.24, 2.45) is 0 Å². The molecule has 220 valence electrons. The van der Waals surface area contributed by atoms with Gasteiger partial charge in [-0.05, 0) is 79.5 Å². The molecule has 8 aromatic rings. The molecule has 0 unspecified atom stereocenters. The Morgan fingerprint density at radius 2 is 0.889 bits per heavy atom. The number of hydrogen-bond acceptors (Lipinski definition) is 1. The molecular formula is C44H38S. The molecule has 7 aromatic carbocycles. The van der Waals surface area contributed by atoms with E-state index in [9.17, 15) is 0 Å². The fourth-order valence-electron chi connectivity index (χ4n) is 7.76. The van der Waals surface area contributed by atoms with Crippen LogP contribution in [0.15, 0.2) is 133 Å². The minimum atomic E-state index is -0.104. The van der Waals surface area contributed by atoms with Crippen molar-refractivity contribution in [1.29, 1.82) is 0 Å². The van der Waals surface area contributed by atoms with E-state index in [-0.39, 0.29) is 10.8 Å². The lowest BCUT2D eigenvalue weighted by Gasteiger charge is -2.33. The van der Waals surface area contributed by atoms with Crippen molar-refractivity contribution in [2.75, 3.05) is 0 Å². The van der Waals surface area contributed by atoms with Crippen molar-refractivity contribution in [3.8, 4) is 0 Å². The van der Waals surface area contributed by atoms with Crippen LogP contribution in [0.1, 0.15) is 62.8 Å². The second-order valence-corrected chi connectivity index (χ2v) is 14.1. The average molecular weight is 599 g/mol. The fourth-order valence-corrected chi connectivity index (χ4v) is 9.11. The van der Waals surface area contributed by atoms with Gasteiger partial charge in [-0.2, -0.15) is 0 Å². The molecule has 0 N–H and O–H groups in total. The van der Waals surface area contributed by atoms with Gasteiger partial charge in [-0.1, -0.05) is 149 Å². The molecule has 1 heteroatoms. The van der Waals surface area contributed by atoms with E-state index in [1.165, 1.54) is 74.7 Å². The van der Waals surface area contributed by atoms with Crippen LogP contribution >= 0.6 is 11.3 Å². The molecule has 0 aliphatic heterocycles. The maximum atomic E-state index is 2.47. The fraction of sp³-hybridized carbons (Fsp3) is 0.182. The minimum absolute atomic E-state index is 0.0789. The largest absolute Gasteiger partial charge is 0.135 e. The summed E-state index contributed by atoms with van der Waals surface area (Å²) in [7, 11) is 0. The van der Waals surface area contributed by atoms with Gasteiger partial charge in [-0.3, -0.25) is 0 Å². The van der Waals surface area contributed by atoms with Crippen LogP contribution in [0.25, 0.3) is 52.5 Å². The zero-order chi connectivity index (χ0) is 30.8. The Morgan fingerprint density at radius 1 is 0.422 bits per heavy atom. The van der Waals surface area contributed by atoms with E-state index in [1.807, 2.05) is 11.3 Å². The summed E-state index contributed by atoms with van der Waals surface area (Å²) < 4.78 is 2.78. The SMILES string of the molecule is CC[C@](C)(c1ccc([C@](C)(CC)c2cccc3c2sc2ccccc23)cc1)c1ccc2c3ccccc3c3ccccc3c2c1. The topological polar surface area (TPSA) is 0 Å². The first-order valence-electron chi connectivity index (χ1n) is 16.3. The molecule has 8 rings (SSSR count). The maximum Gasteiger partial charge on any atom is 0.0396 e. The number of benzene rings is 7. The zero-order valence-corrected chi connectivity index (χ0v) is 27.3. The zero-order valence-electron chi connectivity index (χ0n) is 26.5.